The van der Waals surface area contributed by atoms with E-state index in [1.165, 1.54) is 10.8 Å². The number of alkyl halides is 1. The Morgan fingerprint density at radius 3 is 2.69 bits per heavy atom. The number of hydrogen-bond acceptors (Lipinski definition) is 6. The monoisotopic (exact) mass is 440 g/mol. The Kier molecular flexibility index (Phi) is 4.63. The maximum absolute atomic E-state index is 14.9. The molecule has 0 amide bonds. The van der Waals surface area contributed by atoms with Crippen molar-refractivity contribution in [1.82, 2.24) is 28.9 Å². The van der Waals surface area contributed by atoms with Crippen molar-refractivity contribution < 1.29 is 18.6 Å². The van der Waals surface area contributed by atoms with Crippen LogP contribution in [0, 0.1) is 5.82 Å². The number of aliphatic hydroxyl groups excluding tert-OH is 1. The molecule has 4 aromatic rings. The van der Waals surface area contributed by atoms with Crippen molar-refractivity contribution >= 4 is 23.2 Å². The lowest BCUT2D eigenvalue weighted by Gasteiger charge is -2.19. The van der Waals surface area contributed by atoms with Gasteiger partial charge < -0.3 is 9.84 Å². The highest BCUT2D eigenvalue weighted by atomic mass is 19.1. The summed E-state index contributed by atoms with van der Waals surface area (Å²) < 4.78 is 36.1. The predicted molar refractivity (Wildman–Crippen MR) is 111 cm³/mol. The number of aliphatic hydroxyl groups is 1. The molecular weight excluding hydrogens is 422 g/mol. The second-order valence-corrected chi connectivity index (χ2v) is 7.49. The molecule has 0 fully saturated rings. The zero-order valence-corrected chi connectivity index (χ0v) is 17.1. The molecule has 5 rings (SSSR count). The summed E-state index contributed by atoms with van der Waals surface area (Å²) in [5.41, 5.74) is 1.11. The Balaban J connectivity index is 1.83. The zero-order chi connectivity index (χ0) is 22.6. The average molecular weight is 440 g/mol. The first-order valence-electron chi connectivity index (χ1n) is 9.70. The van der Waals surface area contributed by atoms with E-state index in [-0.39, 0.29) is 11.6 Å². The smallest absolute Gasteiger partial charge is 0.334 e. The number of aromatic nitrogens is 6. The first-order chi connectivity index (χ1) is 15.4. The quantitative estimate of drug-likeness (QED) is 0.480. The van der Waals surface area contributed by atoms with E-state index in [2.05, 4.69) is 19.8 Å². The molecule has 0 bridgehead atoms. The summed E-state index contributed by atoms with van der Waals surface area (Å²) >= 11 is 0. The molecule has 1 aliphatic rings. The summed E-state index contributed by atoms with van der Waals surface area (Å²) in [6.07, 6.45) is 8.62. The topological polar surface area (TPSA) is 100.0 Å². The van der Waals surface area contributed by atoms with Crippen LogP contribution >= 0.6 is 0 Å². The minimum atomic E-state index is -1.13. The van der Waals surface area contributed by atoms with E-state index in [9.17, 15) is 18.7 Å². The molecule has 0 saturated heterocycles. The van der Waals surface area contributed by atoms with Gasteiger partial charge in [0.25, 0.3) is 0 Å². The number of nitrogens with zero attached hydrogens (tertiary/aromatic N) is 6. The van der Waals surface area contributed by atoms with Gasteiger partial charge in [-0.15, -0.1) is 0 Å². The summed E-state index contributed by atoms with van der Waals surface area (Å²) in [4.78, 5) is 21.5. The fourth-order valence-electron chi connectivity index (χ4n) is 4.01. The summed E-state index contributed by atoms with van der Waals surface area (Å²) in [5, 5.41) is 15.8. The SMILES string of the molecule is Cn1cc(C2C=c3c(ncc4c3n(-c3ncc(OCF)cc3F)c(=O)n4C)=CC2O)cn1. The van der Waals surface area contributed by atoms with Gasteiger partial charge >= 0.3 is 5.69 Å². The first-order valence-corrected chi connectivity index (χ1v) is 9.70. The zero-order valence-electron chi connectivity index (χ0n) is 17.1. The molecule has 2 unspecified atom stereocenters. The van der Waals surface area contributed by atoms with Crippen molar-refractivity contribution in [2.24, 2.45) is 14.1 Å². The van der Waals surface area contributed by atoms with Gasteiger partial charge in [0.2, 0.25) is 6.86 Å². The van der Waals surface area contributed by atoms with Gasteiger partial charge in [0, 0.05) is 37.5 Å². The van der Waals surface area contributed by atoms with Crippen LogP contribution in [0.3, 0.4) is 0 Å². The minimum Gasteiger partial charge on any atom is -0.461 e. The highest BCUT2D eigenvalue weighted by molar-refractivity contribution is 5.79. The van der Waals surface area contributed by atoms with Gasteiger partial charge in [0.15, 0.2) is 11.6 Å². The molecule has 1 aliphatic carbocycles. The van der Waals surface area contributed by atoms with E-state index in [4.69, 9.17) is 0 Å². The number of imidazole rings is 1. The van der Waals surface area contributed by atoms with E-state index in [1.54, 1.807) is 43.3 Å². The molecule has 2 atom stereocenters. The van der Waals surface area contributed by atoms with E-state index in [1.807, 2.05) is 0 Å². The third-order valence-corrected chi connectivity index (χ3v) is 5.55. The number of hydrogen-bond donors (Lipinski definition) is 1. The molecule has 4 heterocycles. The molecule has 0 aliphatic heterocycles. The van der Waals surface area contributed by atoms with E-state index in [0.29, 0.717) is 21.6 Å². The fourth-order valence-corrected chi connectivity index (χ4v) is 4.01. The van der Waals surface area contributed by atoms with Gasteiger partial charge in [0.05, 0.1) is 41.1 Å². The summed E-state index contributed by atoms with van der Waals surface area (Å²) in [5.74, 6) is -1.63. The lowest BCUT2D eigenvalue weighted by Crippen LogP contribution is -2.38. The summed E-state index contributed by atoms with van der Waals surface area (Å²) in [6.45, 7) is -1.13. The van der Waals surface area contributed by atoms with Crippen LogP contribution in [0.4, 0.5) is 8.78 Å². The van der Waals surface area contributed by atoms with Gasteiger partial charge in [-0.05, 0) is 11.6 Å². The molecule has 4 aromatic heterocycles. The van der Waals surface area contributed by atoms with Crippen molar-refractivity contribution in [1.29, 1.82) is 0 Å². The van der Waals surface area contributed by atoms with Crippen LogP contribution in [0.25, 0.3) is 29.0 Å². The van der Waals surface area contributed by atoms with E-state index < -0.39 is 30.4 Å². The third kappa shape index (κ3) is 3.01. The van der Waals surface area contributed by atoms with Gasteiger partial charge in [-0.1, -0.05) is 6.08 Å². The van der Waals surface area contributed by atoms with Crippen molar-refractivity contribution in [2.45, 2.75) is 12.0 Å². The molecular formula is C21H18F2N6O3. The largest absolute Gasteiger partial charge is 0.461 e. The van der Waals surface area contributed by atoms with Crippen LogP contribution in [0.15, 0.2) is 35.6 Å². The Morgan fingerprint density at radius 2 is 2.00 bits per heavy atom. The van der Waals surface area contributed by atoms with E-state index >= 15 is 0 Å². The van der Waals surface area contributed by atoms with Gasteiger partial charge in [-0.3, -0.25) is 14.2 Å². The number of halogens is 2. The van der Waals surface area contributed by atoms with Gasteiger partial charge in [0.1, 0.15) is 5.75 Å². The van der Waals surface area contributed by atoms with Crippen LogP contribution in [-0.4, -0.2) is 47.0 Å². The van der Waals surface area contributed by atoms with E-state index in [0.717, 1.165) is 22.4 Å². The normalized spacial score (nSPS) is 17.7. The highest BCUT2D eigenvalue weighted by Crippen LogP contribution is 2.24. The molecule has 164 valence electrons. The van der Waals surface area contributed by atoms with Crippen molar-refractivity contribution in [2.75, 3.05) is 6.86 Å². The lowest BCUT2D eigenvalue weighted by molar-refractivity contribution is 0.190. The van der Waals surface area contributed by atoms with Crippen LogP contribution < -0.4 is 21.0 Å². The Hall–Kier alpha value is -3.86. The maximum atomic E-state index is 14.9. The average Bonchev–Trinajstić information content (AvgIpc) is 3.30. The van der Waals surface area contributed by atoms with Crippen LogP contribution in [-0.2, 0) is 14.1 Å². The van der Waals surface area contributed by atoms with Crippen molar-refractivity contribution in [3.8, 4) is 11.6 Å². The molecule has 32 heavy (non-hydrogen) atoms. The predicted octanol–water partition coefficient (Wildman–Crippen LogP) is 0.0169. The number of rotatable bonds is 4. The Bertz CT molecular complexity index is 1540. The Morgan fingerprint density at radius 1 is 1.19 bits per heavy atom. The van der Waals surface area contributed by atoms with Crippen LogP contribution in [0.2, 0.25) is 0 Å². The molecule has 0 spiro atoms. The molecule has 11 heteroatoms. The fraction of sp³-hybridized carbons (Fsp3) is 0.238. The number of pyridine rings is 2. The molecule has 0 radical (unpaired) electrons. The highest BCUT2D eigenvalue weighted by Gasteiger charge is 2.25. The molecule has 0 aromatic carbocycles. The van der Waals surface area contributed by atoms with Crippen molar-refractivity contribution in [3.05, 3.63) is 63.3 Å². The number of aryl methyl sites for hydroxylation is 2. The maximum Gasteiger partial charge on any atom is 0.334 e. The second kappa shape index (κ2) is 7.38. The third-order valence-electron chi connectivity index (χ3n) is 5.55. The van der Waals surface area contributed by atoms with Gasteiger partial charge in [-0.2, -0.15) is 5.10 Å². The standard InChI is InChI=1S/C21H18F2N6O3/c1-27-9-11(6-26-27)13-4-14-16(5-18(13)30)24-8-17-19(14)29(21(31)28(17)2)20-15(23)3-12(7-25-20)32-10-22/h3-9,13,18,30H,10H2,1-2H3. The van der Waals surface area contributed by atoms with Crippen LogP contribution in [0.5, 0.6) is 5.75 Å². The lowest BCUT2D eigenvalue weighted by atomic mass is 9.91. The summed E-state index contributed by atoms with van der Waals surface area (Å²) in [7, 11) is 3.32. The molecule has 9 nitrogen and oxygen atoms in total. The second-order valence-electron chi connectivity index (χ2n) is 7.49. The number of ether oxygens (including phenoxy) is 1. The van der Waals surface area contributed by atoms with Gasteiger partial charge in [-0.25, -0.2) is 23.1 Å². The minimum absolute atomic E-state index is 0.0922. The Labute approximate surface area is 179 Å². The molecule has 1 N–H and O–H groups in total. The first kappa shape index (κ1) is 20.1. The molecule has 0 saturated carbocycles. The summed E-state index contributed by atoms with van der Waals surface area (Å²) in [6, 6.07) is 0.971. The number of fused-ring (bicyclic) bond motifs is 3. The van der Waals surface area contributed by atoms with Crippen LogP contribution in [0.1, 0.15) is 11.5 Å². The van der Waals surface area contributed by atoms with Crippen molar-refractivity contribution in [3.63, 3.8) is 0 Å².